The lowest BCUT2D eigenvalue weighted by Crippen LogP contribution is -2.33. The monoisotopic (exact) mass is 339 g/mol. The molecule has 1 N–H and O–H groups in total. The summed E-state index contributed by atoms with van der Waals surface area (Å²) in [6.07, 6.45) is 2.05. The SMILES string of the molecule is CC(C)(c1ccccc1)c1ccc(OC[C@H](O)CN2CCCC2)cc1. The van der Waals surface area contributed by atoms with Gasteiger partial charge in [-0.15, -0.1) is 0 Å². The molecule has 2 aromatic carbocycles. The number of benzene rings is 2. The second kappa shape index (κ2) is 8.03. The maximum Gasteiger partial charge on any atom is 0.119 e. The van der Waals surface area contributed by atoms with Crippen molar-refractivity contribution >= 4 is 0 Å². The molecule has 3 heteroatoms. The minimum absolute atomic E-state index is 0.0466. The van der Waals surface area contributed by atoms with Gasteiger partial charge in [0, 0.05) is 12.0 Å². The third-order valence-electron chi connectivity index (χ3n) is 5.18. The Morgan fingerprint density at radius 1 is 0.960 bits per heavy atom. The summed E-state index contributed by atoms with van der Waals surface area (Å²) < 4.78 is 5.77. The molecule has 1 aliphatic heterocycles. The van der Waals surface area contributed by atoms with E-state index in [1.807, 2.05) is 18.2 Å². The van der Waals surface area contributed by atoms with E-state index in [1.165, 1.54) is 24.0 Å². The van der Waals surface area contributed by atoms with Gasteiger partial charge in [0.15, 0.2) is 0 Å². The minimum atomic E-state index is -0.432. The highest BCUT2D eigenvalue weighted by molar-refractivity contribution is 5.39. The van der Waals surface area contributed by atoms with Crippen molar-refractivity contribution in [1.29, 1.82) is 0 Å². The Morgan fingerprint density at radius 2 is 1.56 bits per heavy atom. The third-order valence-corrected chi connectivity index (χ3v) is 5.18. The number of hydrogen-bond acceptors (Lipinski definition) is 3. The van der Waals surface area contributed by atoms with Gasteiger partial charge in [-0.25, -0.2) is 0 Å². The summed E-state index contributed by atoms with van der Waals surface area (Å²) in [6, 6.07) is 18.8. The summed E-state index contributed by atoms with van der Waals surface area (Å²) in [5, 5.41) is 10.1. The second-order valence-electron chi connectivity index (χ2n) is 7.49. The van der Waals surface area contributed by atoms with E-state index in [0.29, 0.717) is 13.2 Å². The Bertz CT molecular complexity index is 645. The Labute approximate surface area is 151 Å². The largest absolute Gasteiger partial charge is 0.491 e. The van der Waals surface area contributed by atoms with Gasteiger partial charge in [-0.2, -0.15) is 0 Å². The molecule has 1 fully saturated rings. The minimum Gasteiger partial charge on any atom is -0.491 e. The van der Waals surface area contributed by atoms with E-state index >= 15 is 0 Å². The number of aliphatic hydroxyl groups excluding tert-OH is 1. The van der Waals surface area contributed by atoms with Gasteiger partial charge in [-0.05, 0) is 49.2 Å². The zero-order valence-corrected chi connectivity index (χ0v) is 15.3. The average molecular weight is 339 g/mol. The van der Waals surface area contributed by atoms with E-state index in [-0.39, 0.29) is 5.41 Å². The van der Waals surface area contributed by atoms with Gasteiger partial charge >= 0.3 is 0 Å². The normalized spacial score (nSPS) is 16.8. The van der Waals surface area contributed by atoms with Crippen molar-refractivity contribution in [2.24, 2.45) is 0 Å². The quantitative estimate of drug-likeness (QED) is 0.832. The first-order valence-electron chi connectivity index (χ1n) is 9.25. The van der Waals surface area contributed by atoms with Crippen LogP contribution in [0.2, 0.25) is 0 Å². The first-order valence-corrected chi connectivity index (χ1v) is 9.25. The predicted octanol–water partition coefficient (Wildman–Crippen LogP) is 3.85. The third kappa shape index (κ3) is 4.62. The summed E-state index contributed by atoms with van der Waals surface area (Å²) in [5.41, 5.74) is 2.50. The van der Waals surface area contributed by atoms with Crippen molar-refractivity contribution < 1.29 is 9.84 Å². The zero-order chi connectivity index (χ0) is 17.7. The topological polar surface area (TPSA) is 32.7 Å². The highest BCUT2D eigenvalue weighted by atomic mass is 16.5. The van der Waals surface area contributed by atoms with Crippen LogP contribution >= 0.6 is 0 Å². The van der Waals surface area contributed by atoms with Gasteiger partial charge < -0.3 is 14.7 Å². The van der Waals surface area contributed by atoms with Crippen LogP contribution in [-0.2, 0) is 5.41 Å². The molecule has 0 amide bonds. The fourth-order valence-electron chi connectivity index (χ4n) is 3.50. The number of ether oxygens (including phenoxy) is 1. The van der Waals surface area contributed by atoms with Crippen molar-refractivity contribution in [2.75, 3.05) is 26.2 Å². The van der Waals surface area contributed by atoms with E-state index in [2.05, 4.69) is 55.1 Å². The molecule has 0 aromatic heterocycles. The molecule has 3 rings (SSSR count). The highest BCUT2D eigenvalue weighted by Gasteiger charge is 2.22. The van der Waals surface area contributed by atoms with Crippen LogP contribution in [0, 0.1) is 0 Å². The molecule has 3 nitrogen and oxygen atoms in total. The van der Waals surface area contributed by atoms with Crippen molar-refractivity contribution in [3.63, 3.8) is 0 Å². The summed E-state index contributed by atoms with van der Waals surface area (Å²) in [7, 11) is 0. The van der Waals surface area contributed by atoms with Gasteiger partial charge in [0.2, 0.25) is 0 Å². The van der Waals surface area contributed by atoms with Crippen molar-refractivity contribution in [1.82, 2.24) is 4.90 Å². The summed E-state index contributed by atoms with van der Waals surface area (Å²) in [5.74, 6) is 0.813. The van der Waals surface area contributed by atoms with Crippen molar-refractivity contribution in [3.05, 3.63) is 65.7 Å². The maximum atomic E-state index is 10.1. The molecule has 0 unspecified atom stereocenters. The molecule has 1 saturated heterocycles. The molecule has 1 atom stereocenters. The Morgan fingerprint density at radius 3 is 2.20 bits per heavy atom. The van der Waals surface area contributed by atoms with Crippen LogP contribution in [-0.4, -0.2) is 42.4 Å². The van der Waals surface area contributed by atoms with Gasteiger partial charge in [-0.3, -0.25) is 0 Å². The predicted molar refractivity (Wildman–Crippen MR) is 102 cm³/mol. The van der Waals surface area contributed by atoms with Gasteiger partial charge in [0.1, 0.15) is 18.5 Å². The Balaban J connectivity index is 1.56. The molecule has 1 aliphatic rings. The maximum absolute atomic E-state index is 10.1. The molecular weight excluding hydrogens is 310 g/mol. The molecule has 0 radical (unpaired) electrons. The lowest BCUT2D eigenvalue weighted by Gasteiger charge is -2.26. The average Bonchev–Trinajstić information content (AvgIpc) is 3.14. The fourth-order valence-corrected chi connectivity index (χ4v) is 3.50. The molecule has 0 bridgehead atoms. The number of β-amino-alcohol motifs (C(OH)–C–C–N with tert-alkyl or cyclic N) is 1. The molecule has 2 aromatic rings. The van der Waals surface area contributed by atoms with Crippen LogP contribution in [0.5, 0.6) is 5.75 Å². The fraction of sp³-hybridized carbons (Fsp3) is 0.455. The summed E-state index contributed by atoms with van der Waals surface area (Å²) in [6.45, 7) is 7.72. The van der Waals surface area contributed by atoms with Crippen molar-refractivity contribution in [2.45, 2.75) is 38.2 Å². The van der Waals surface area contributed by atoms with E-state index in [1.54, 1.807) is 0 Å². The van der Waals surface area contributed by atoms with Crippen LogP contribution in [0.4, 0.5) is 0 Å². The number of hydrogen-bond donors (Lipinski definition) is 1. The molecular formula is C22H29NO2. The molecule has 134 valence electrons. The van der Waals surface area contributed by atoms with Crippen LogP contribution in [0.3, 0.4) is 0 Å². The van der Waals surface area contributed by atoms with Gasteiger partial charge in [0.05, 0.1) is 0 Å². The van der Waals surface area contributed by atoms with Crippen LogP contribution < -0.4 is 4.74 Å². The molecule has 0 aliphatic carbocycles. The molecule has 1 heterocycles. The van der Waals surface area contributed by atoms with Crippen LogP contribution in [0.1, 0.15) is 37.8 Å². The van der Waals surface area contributed by atoms with Crippen LogP contribution in [0.15, 0.2) is 54.6 Å². The number of rotatable bonds is 7. The first kappa shape index (κ1) is 18.0. The molecule has 0 saturated carbocycles. The second-order valence-corrected chi connectivity index (χ2v) is 7.49. The molecule has 0 spiro atoms. The lowest BCUT2D eigenvalue weighted by molar-refractivity contribution is 0.0758. The van der Waals surface area contributed by atoms with Crippen molar-refractivity contribution in [3.8, 4) is 5.75 Å². The number of nitrogens with zero attached hydrogens (tertiary/aromatic N) is 1. The van der Waals surface area contributed by atoms with Crippen LogP contribution in [0.25, 0.3) is 0 Å². The number of likely N-dealkylation sites (tertiary alicyclic amines) is 1. The molecule has 25 heavy (non-hydrogen) atoms. The Hall–Kier alpha value is -1.84. The number of aliphatic hydroxyl groups is 1. The van der Waals surface area contributed by atoms with E-state index < -0.39 is 6.10 Å². The summed E-state index contributed by atoms with van der Waals surface area (Å²) in [4.78, 5) is 2.31. The zero-order valence-electron chi connectivity index (χ0n) is 15.3. The summed E-state index contributed by atoms with van der Waals surface area (Å²) >= 11 is 0. The van der Waals surface area contributed by atoms with E-state index in [9.17, 15) is 5.11 Å². The highest BCUT2D eigenvalue weighted by Crippen LogP contribution is 2.32. The first-order chi connectivity index (χ1) is 12.1. The standard InChI is InChI=1S/C22H29NO2/c1-22(2,18-8-4-3-5-9-18)19-10-12-21(13-11-19)25-17-20(24)16-23-14-6-7-15-23/h3-5,8-13,20,24H,6-7,14-17H2,1-2H3/t20-/m1/s1. The van der Waals surface area contributed by atoms with E-state index in [0.717, 1.165) is 18.8 Å². The van der Waals surface area contributed by atoms with E-state index in [4.69, 9.17) is 4.74 Å². The van der Waals surface area contributed by atoms with Gasteiger partial charge in [-0.1, -0.05) is 56.3 Å². The lowest BCUT2D eigenvalue weighted by atomic mass is 9.78. The van der Waals surface area contributed by atoms with Gasteiger partial charge in [0.25, 0.3) is 0 Å². The smallest absolute Gasteiger partial charge is 0.119 e. The Kier molecular flexibility index (Phi) is 5.77.